The van der Waals surface area contributed by atoms with E-state index in [-0.39, 0.29) is 18.4 Å². The molecule has 2 aromatic carbocycles. The molecule has 1 heterocycles. The molecular weight excluding hydrogens is 356 g/mol. The van der Waals surface area contributed by atoms with Crippen LogP contribution in [0.2, 0.25) is 0 Å². The van der Waals surface area contributed by atoms with Crippen LogP contribution in [-0.4, -0.2) is 31.8 Å². The number of methoxy groups -OCH3 is 3. The highest BCUT2D eigenvalue weighted by Gasteiger charge is 2.21. The first-order valence-corrected chi connectivity index (χ1v) is 8.93. The average Bonchev–Trinajstić information content (AvgIpc) is 3.26. The maximum absolute atomic E-state index is 12.9. The average molecular weight is 380 g/mol. The minimum absolute atomic E-state index is 0.142. The van der Waals surface area contributed by atoms with Crippen molar-refractivity contribution in [3.05, 3.63) is 72.6 Å². The first-order chi connectivity index (χ1) is 13.7. The van der Waals surface area contributed by atoms with Crippen molar-refractivity contribution in [2.75, 3.05) is 26.6 Å². The number of ether oxygens (including phenoxy) is 3. The summed E-state index contributed by atoms with van der Waals surface area (Å²) in [6, 6.07) is 16.7. The van der Waals surface area contributed by atoms with Crippen LogP contribution >= 0.6 is 0 Å². The van der Waals surface area contributed by atoms with Gasteiger partial charge in [0.15, 0.2) is 0 Å². The fraction of sp³-hybridized carbons (Fsp3) is 0.227. The van der Waals surface area contributed by atoms with Crippen molar-refractivity contribution in [3.63, 3.8) is 0 Å². The van der Waals surface area contributed by atoms with Crippen LogP contribution in [0.25, 0.3) is 0 Å². The van der Waals surface area contributed by atoms with Gasteiger partial charge in [0.1, 0.15) is 17.2 Å². The molecule has 1 atom stereocenters. The fourth-order valence-corrected chi connectivity index (χ4v) is 3.16. The van der Waals surface area contributed by atoms with Gasteiger partial charge in [-0.25, -0.2) is 0 Å². The first-order valence-electron chi connectivity index (χ1n) is 8.93. The zero-order valence-corrected chi connectivity index (χ0v) is 16.2. The number of nitrogens with one attached hydrogen (secondary N) is 1. The third kappa shape index (κ3) is 4.28. The molecular formula is C22H24N2O4. The van der Waals surface area contributed by atoms with Crippen LogP contribution in [0.4, 0.5) is 5.69 Å². The molecule has 1 amide bonds. The standard InChI is InChI=1S/C22H24N2O4/c1-26-16-10-11-21(28-3)18(14-16)23-22(25)15-19(24-12-6-7-13-24)17-8-4-5-9-20(17)27-2/h4-14,19H,15H2,1-3H3,(H,23,25)/t19-/m0/s1. The Hall–Kier alpha value is -3.41. The maximum atomic E-state index is 12.9. The highest BCUT2D eigenvalue weighted by molar-refractivity contribution is 5.93. The number of rotatable bonds is 8. The molecule has 6 nitrogen and oxygen atoms in total. The fourth-order valence-electron chi connectivity index (χ4n) is 3.16. The van der Waals surface area contributed by atoms with Crippen molar-refractivity contribution in [3.8, 4) is 17.2 Å². The Morgan fingerprint density at radius 1 is 0.929 bits per heavy atom. The summed E-state index contributed by atoms with van der Waals surface area (Å²) in [5, 5.41) is 2.94. The van der Waals surface area contributed by atoms with Gasteiger partial charge in [0.25, 0.3) is 0 Å². The molecule has 0 aliphatic rings. The molecule has 0 unspecified atom stereocenters. The smallest absolute Gasteiger partial charge is 0.226 e. The largest absolute Gasteiger partial charge is 0.497 e. The molecule has 0 saturated carbocycles. The van der Waals surface area contributed by atoms with E-state index >= 15 is 0 Å². The summed E-state index contributed by atoms with van der Waals surface area (Å²) in [4.78, 5) is 12.9. The van der Waals surface area contributed by atoms with Gasteiger partial charge in [-0.2, -0.15) is 0 Å². The highest BCUT2D eigenvalue weighted by atomic mass is 16.5. The lowest BCUT2D eigenvalue weighted by Crippen LogP contribution is -2.20. The van der Waals surface area contributed by atoms with Gasteiger partial charge < -0.3 is 24.1 Å². The van der Waals surface area contributed by atoms with E-state index < -0.39 is 0 Å². The Bertz CT molecular complexity index is 922. The highest BCUT2D eigenvalue weighted by Crippen LogP contribution is 2.32. The number of amides is 1. The third-order valence-electron chi connectivity index (χ3n) is 4.54. The van der Waals surface area contributed by atoms with Gasteiger partial charge in [-0.15, -0.1) is 0 Å². The molecule has 0 fully saturated rings. The lowest BCUT2D eigenvalue weighted by molar-refractivity contribution is -0.116. The van der Waals surface area contributed by atoms with Crippen LogP contribution in [0.1, 0.15) is 18.0 Å². The minimum Gasteiger partial charge on any atom is -0.497 e. The Balaban J connectivity index is 1.87. The van der Waals surface area contributed by atoms with E-state index in [2.05, 4.69) is 5.32 Å². The Labute approximate surface area is 164 Å². The van der Waals surface area contributed by atoms with Gasteiger partial charge in [-0.3, -0.25) is 4.79 Å². The van der Waals surface area contributed by atoms with Crippen molar-refractivity contribution >= 4 is 11.6 Å². The molecule has 0 spiro atoms. The topological polar surface area (TPSA) is 61.7 Å². The van der Waals surface area contributed by atoms with Gasteiger partial charge in [-0.1, -0.05) is 18.2 Å². The number of hydrogen-bond acceptors (Lipinski definition) is 4. The Morgan fingerprint density at radius 3 is 2.32 bits per heavy atom. The molecule has 6 heteroatoms. The summed E-state index contributed by atoms with van der Waals surface area (Å²) < 4.78 is 18.1. The number of nitrogens with zero attached hydrogens (tertiary/aromatic N) is 1. The van der Waals surface area contributed by atoms with E-state index in [1.54, 1.807) is 39.5 Å². The van der Waals surface area contributed by atoms with E-state index in [9.17, 15) is 4.79 Å². The Kier molecular flexibility index (Phi) is 6.22. The monoisotopic (exact) mass is 380 g/mol. The van der Waals surface area contributed by atoms with Gasteiger partial charge in [0, 0.05) is 24.0 Å². The molecule has 0 radical (unpaired) electrons. The van der Waals surface area contributed by atoms with Crippen molar-refractivity contribution in [1.82, 2.24) is 4.57 Å². The van der Waals surface area contributed by atoms with Crippen LogP contribution in [0.15, 0.2) is 67.0 Å². The van der Waals surface area contributed by atoms with E-state index in [1.165, 1.54) is 0 Å². The van der Waals surface area contributed by atoms with Gasteiger partial charge in [0.2, 0.25) is 5.91 Å². The zero-order valence-electron chi connectivity index (χ0n) is 16.2. The third-order valence-corrected chi connectivity index (χ3v) is 4.54. The number of aromatic nitrogens is 1. The molecule has 28 heavy (non-hydrogen) atoms. The molecule has 0 aliphatic heterocycles. The molecule has 3 aromatic rings. The van der Waals surface area contributed by atoms with E-state index in [0.717, 1.165) is 11.3 Å². The van der Waals surface area contributed by atoms with E-state index in [0.29, 0.717) is 17.2 Å². The van der Waals surface area contributed by atoms with E-state index in [1.807, 2.05) is 53.4 Å². The number of carbonyl (C=O) groups excluding carboxylic acids is 1. The van der Waals surface area contributed by atoms with Crippen molar-refractivity contribution in [2.24, 2.45) is 0 Å². The molecule has 0 saturated heterocycles. The number of anilines is 1. The van der Waals surface area contributed by atoms with Gasteiger partial charge >= 0.3 is 0 Å². The molecule has 1 aromatic heterocycles. The molecule has 0 aliphatic carbocycles. The second-order valence-electron chi connectivity index (χ2n) is 6.21. The second kappa shape index (κ2) is 8.99. The molecule has 0 bridgehead atoms. The number of benzene rings is 2. The predicted molar refractivity (Wildman–Crippen MR) is 108 cm³/mol. The lowest BCUT2D eigenvalue weighted by atomic mass is 10.0. The van der Waals surface area contributed by atoms with Crippen LogP contribution < -0.4 is 19.5 Å². The summed E-state index contributed by atoms with van der Waals surface area (Å²) in [7, 11) is 4.78. The van der Waals surface area contributed by atoms with Gasteiger partial charge in [-0.05, 0) is 30.3 Å². The maximum Gasteiger partial charge on any atom is 0.226 e. The molecule has 146 valence electrons. The summed E-state index contributed by atoms with van der Waals surface area (Å²) >= 11 is 0. The summed E-state index contributed by atoms with van der Waals surface area (Å²) in [5.74, 6) is 1.82. The summed E-state index contributed by atoms with van der Waals surface area (Å²) in [6.45, 7) is 0. The van der Waals surface area contributed by atoms with Crippen LogP contribution in [0, 0.1) is 0 Å². The number of hydrogen-bond donors (Lipinski definition) is 1. The van der Waals surface area contributed by atoms with Crippen LogP contribution in [-0.2, 0) is 4.79 Å². The lowest BCUT2D eigenvalue weighted by Gasteiger charge is -2.22. The first kappa shape index (κ1) is 19.4. The number of carbonyl (C=O) groups is 1. The van der Waals surface area contributed by atoms with E-state index in [4.69, 9.17) is 14.2 Å². The summed E-state index contributed by atoms with van der Waals surface area (Å²) in [6.07, 6.45) is 4.11. The van der Waals surface area contributed by atoms with Crippen LogP contribution in [0.3, 0.4) is 0 Å². The SMILES string of the molecule is COc1ccc(OC)c(NC(=O)C[C@@H](c2ccccc2OC)n2cccc2)c1. The normalized spacial score (nSPS) is 11.5. The van der Waals surface area contributed by atoms with Crippen LogP contribution in [0.5, 0.6) is 17.2 Å². The van der Waals surface area contributed by atoms with Crippen molar-refractivity contribution in [2.45, 2.75) is 12.5 Å². The quantitative estimate of drug-likeness (QED) is 0.638. The zero-order chi connectivity index (χ0) is 19.9. The summed E-state index contributed by atoms with van der Waals surface area (Å²) in [5.41, 5.74) is 1.51. The molecule has 3 rings (SSSR count). The second-order valence-corrected chi connectivity index (χ2v) is 6.21. The minimum atomic E-state index is -0.206. The van der Waals surface area contributed by atoms with Crippen molar-refractivity contribution in [1.29, 1.82) is 0 Å². The molecule has 1 N–H and O–H groups in total. The predicted octanol–water partition coefficient (Wildman–Crippen LogP) is 4.13. The van der Waals surface area contributed by atoms with Crippen molar-refractivity contribution < 1.29 is 19.0 Å². The number of para-hydroxylation sites is 1. The Morgan fingerprint density at radius 2 is 1.64 bits per heavy atom. The van der Waals surface area contributed by atoms with Gasteiger partial charge in [0.05, 0.1) is 39.5 Å².